The second-order valence-corrected chi connectivity index (χ2v) is 3.74. The average molecular weight is 287 g/mol. The Labute approximate surface area is 96.2 Å². The van der Waals surface area contributed by atoms with Crippen LogP contribution in [0.4, 0.5) is 8.78 Å². The molecule has 1 nitrogen and oxygen atoms in total. The molecule has 0 heterocycles. The van der Waals surface area contributed by atoms with E-state index >= 15 is 0 Å². The number of alkyl halides is 2. The number of benzene rings is 1. The van der Waals surface area contributed by atoms with E-state index in [-0.39, 0.29) is 12.4 Å². The Morgan fingerprint density at radius 1 is 1.36 bits per heavy atom. The molecule has 0 saturated carbocycles. The van der Waals surface area contributed by atoms with Crippen molar-refractivity contribution in [3.05, 3.63) is 33.8 Å². The van der Waals surface area contributed by atoms with Gasteiger partial charge in [0.1, 0.15) is 0 Å². The molecular formula is C9H11BrClF2N. The fraction of sp³-hybridized carbons (Fsp3) is 0.333. The molecule has 0 saturated heterocycles. The van der Waals surface area contributed by atoms with Crippen LogP contribution in [0.25, 0.3) is 0 Å². The summed E-state index contributed by atoms with van der Waals surface area (Å²) in [4.78, 5) is 0. The summed E-state index contributed by atoms with van der Waals surface area (Å²) in [6.45, 7) is 1.89. The van der Waals surface area contributed by atoms with Gasteiger partial charge in [0.05, 0.1) is 6.04 Å². The van der Waals surface area contributed by atoms with Gasteiger partial charge in [0.2, 0.25) is 0 Å². The zero-order valence-electron chi connectivity index (χ0n) is 7.51. The zero-order valence-corrected chi connectivity index (χ0v) is 9.91. The summed E-state index contributed by atoms with van der Waals surface area (Å²) in [5.74, 6) is 0. The standard InChI is InChI=1S/C9H10BrF2N.ClH/c1-5-2-3-6(7(10)4-5)8(13)9(11)12;/h2-4,8-9H,13H2,1H3;1H/t8-;/m1./s1. The van der Waals surface area contributed by atoms with E-state index in [1.165, 1.54) is 0 Å². The van der Waals surface area contributed by atoms with E-state index in [0.29, 0.717) is 10.0 Å². The summed E-state index contributed by atoms with van der Waals surface area (Å²) in [5.41, 5.74) is 6.76. The Morgan fingerprint density at radius 2 is 1.93 bits per heavy atom. The predicted molar refractivity (Wildman–Crippen MR) is 59.1 cm³/mol. The van der Waals surface area contributed by atoms with Gasteiger partial charge in [-0.25, -0.2) is 8.78 Å². The smallest absolute Gasteiger partial charge is 0.257 e. The molecular weight excluding hydrogens is 275 g/mol. The highest BCUT2D eigenvalue weighted by Gasteiger charge is 2.19. The molecule has 0 bridgehead atoms. The molecule has 2 N–H and O–H groups in total. The molecule has 0 aliphatic rings. The number of halogens is 4. The van der Waals surface area contributed by atoms with Gasteiger partial charge in [-0.2, -0.15) is 0 Å². The highest BCUT2D eigenvalue weighted by molar-refractivity contribution is 9.10. The SMILES string of the molecule is Cc1ccc([C@@H](N)C(F)F)c(Br)c1.Cl. The lowest BCUT2D eigenvalue weighted by atomic mass is 10.1. The van der Waals surface area contributed by atoms with E-state index in [1.54, 1.807) is 18.2 Å². The summed E-state index contributed by atoms with van der Waals surface area (Å²) >= 11 is 3.20. The molecule has 0 radical (unpaired) electrons. The van der Waals surface area contributed by atoms with Crippen molar-refractivity contribution in [2.24, 2.45) is 5.73 Å². The molecule has 1 aromatic rings. The minimum atomic E-state index is -2.53. The number of nitrogens with two attached hydrogens (primary N) is 1. The van der Waals surface area contributed by atoms with Crippen molar-refractivity contribution in [3.63, 3.8) is 0 Å². The van der Waals surface area contributed by atoms with Gasteiger partial charge in [0.15, 0.2) is 0 Å². The van der Waals surface area contributed by atoms with E-state index in [0.717, 1.165) is 5.56 Å². The van der Waals surface area contributed by atoms with Crippen molar-refractivity contribution in [1.29, 1.82) is 0 Å². The molecule has 1 atom stereocenters. The highest BCUT2D eigenvalue weighted by Crippen LogP contribution is 2.26. The fourth-order valence-corrected chi connectivity index (χ4v) is 1.80. The zero-order chi connectivity index (χ0) is 10.0. The Kier molecular flexibility index (Phi) is 5.56. The third-order valence-electron chi connectivity index (χ3n) is 1.79. The van der Waals surface area contributed by atoms with Crippen LogP contribution in [0.2, 0.25) is 0 Å². The molecule has 1 rings (SSSR count). The van der Waals surface area contributed by atoms with Crippen molar-refractivity contribution in [1.82, 2.24) is 0 Å². The highest BCUT2D eigenvalue weighted by atomic mass is 79.9. The summed E-state index contributed by atoms with van der Waals surface area (Å²) in [6, 6.07) is 3.95. The largest absolute Gasteiger partial charge is 0.319 e. The number of rotatable bonds is 2. The minimum absolute atomic E-state index is 0. The third-order valence-corrected chi connectivity index (χ3v) is 2.47. The quantitative estimate of drug-likeness (QED) is 0.885. The lowest BCUT2D eigenvalue weighted by molar-refractivity contribution is 0.116. The second-order valence-electron chi connectivity index (χ2n) is 2.89. The predicted octanol–water partition coefficient (Wildman–Crippen LogP) is 3.44. The average Bonchev–Trinajstić information content (AvgIpc) is 2.03. The van der Waals surface area contributed by atoms with Gasteiger partial charge in [-0.15, -0.1) is 12.4 Å². The maximum absolute atomic E-state index is 12.2. The third kappa shape index (κ3) is 3.19. The fourth-order valence-electron chi connectivity index (χ4n) is 1.04. The van der Waals surface area contributed by atoms with Crippen LogP contribution in [0.5, 0.6) is 0 Å². The summed E-state index contributed by atoms with van der Waals surface area (Å²) in [6.07, 6.45) is -2.53. The molecule has 0 aliphatic heterocycles. The first-order valence-electron chi connectivity index (χ1n) is 3.82. The number of aryl methyl sites for hydroxylation is 1. The topological polar surface area (TPSA) is 26.0 Å². The van der Waals surface area contributed by atoms with E-state index in [2.05, 4.69) is 15.9 Å². The van der Waals surface area contributed by atoms with Crippen LogP contribution in [0.15, 0.2) is 22.7 Å². The number of hydrogen-bond acceptors (Lipinski definition) is 1. The lowest BCUT2D eigenvalue weighted by Crippen LogP contribution is -2.19. The summed E-state index contributed by atoms with van der Waals surface area (Å²) in [5, 5.41) is 0. The van der Waals surface area contributed by atoms with Crippen LogP contribution < -0.4 is 5.73 Å². The van der Waals surface area contributed by atoms with E-state index in [9.17, 15) is 8.78 Å². The van der Waals surface area contributed by atoms with Crippen LogP contribution in [0.1, 0.15) is 17.2 Å². The molecule has 1 aromatic carbocycles. The first-order chi connectivity index (χ1) is 6.02. The van der Waals surface area contributed by atoms with Crippen molar-refractivity contribution in [2.45, 2.75) is 19.4 Å². The van der Waals surface area contributed by atoms with E-state index in [4.69, 9.17) is 5.73 Å². The molecule has 0 aliphatic carbocycles. The van der Waals surface area contributed by atoms with Crippen molar-refractivity contribution < 1.29 is 8.78 Å². The van der Waals surface area contributed by atoms with Crippen LogP contribution >= 0.6 is 28.3 Å². The van der Waals surface area contributed by atoms with E-state index in [1.807, 2.05) is 6.92 Å². The van der Waals surface area contributed by atoms with Crippen molar-refractivity contribution >= 4 is 28.3 Å². The normalized spacial score (nSPS) is 12.4. The van der Waals surface area contributed by atoms with Gasteiger partial charge in [-0.1, -0.05) is 28.1 Å². The molecule has 0 spiro atoms. The lowest BCUT2D eigenvalue weighted by Gasteiger charge is -2.12. The Balaban J connectivity index is 0.00000169. The van der Waals surface area contributed by atoms with Crippen molar-refractivity contribution in [3.8, 4) is 0 Å². The molecule has 0 amide bonds. The molecule has 80 valence electrons. The van der Waals surface area contributed by atoms with Gasteiger partial charge < -0.3 is 5.73 Å². The van der Waals surface area contributed by atoms with Gasteiger partial charge in [-0.3, -0.25) is 0 Å². The van der Waals surface area contributed by atoms with Gasteiger partial charge >= 0.3 is 0 Å². The maximum atomic E-state index is 12.2. The van der Waals surface area contributed by atoms with Crippen LogP contribution in [0.3, 0.4) is 0 Å². The van der Waals surface area contributed by atoms with Gasteiger partial charge in [0.25, 0.3) is 6.43 Å². The summed E-state index contributed by atoms with van der Waals surface area (Å²) < 4.78 is 25.1. The van der Waals surface area contributed by atoms with Gasteiger partial charge in [-0.05, 0) is 24.1 Å². The van der Waals surface area contributed by atoms with Crippen LogP contribution in [0, 0.1) is 6.92 Å². The summed E-state index contributed by atoms with van der Waals surface area (Å²) in [7, 11) is 0. The molecule has 0 fully saturated rings. The van der Waals surface area contributed by atoms with Gasteiger partial charge in [0, 0.05) is 4.47 Å². The first-order valence-corrected chi connectivity index (χ1v) is 4.61. The molecule has 5 heteroatoms. The van der Waals surface area contributed by atoms with Crippen LogP contribution in [-0.2, 0) is 0 Å². The van der Waals surface area contributed by atoms with E-state index < -0.39 is 12.5 Å². The minimum Gasteiger partial charge on any atom is -0.319 e. The molecule has 0 aromatic heterocycles. The maximum Gasteiger partial charge on any atom is 0.257 e. The Morgan fingerprint density at radius 3 is 2.36 bits per heavy atom. The Hall–Kier alpha value is -0.190. The Bertz CT molecular complexity index is 307. The first kappa shape index (κ1) is 13.8. The molecule has 14 heavy (non-hydrogen) atoms. The molecule has 0 unspecified atom stereocenters. The van der Waals surface area contributed by atoms with Crippen LogP contribution in [-0.4, -0.2) is 6.43 Å². The second kappa shape index (κ2) is 5.63. The van der Waals surface area contributed by atoms with Crippen molar-refractivity contribution in [2.75, 3.05) is 0 Å². The monoisotopic (exact) mass is 285 g/mol. The number of hydrogen-bond donors (Lipinski definition) is 1.